The summed E-state index contributed by atoms with van der Waals surface area (Å²) in [5.41, 5.74) is 2.16. The molecule has 2 rings (SSSR count). The van der Waals surface area contributed by atoms with Crippen molar-refractivity contribution in [1.29, 1.82) is 0 Å². The van der Waals surface area contributed by atoms with Crippen LogP contribution in [0.3, 0.4) is 0 Å². The highest BCUT2D eigenvalue weighted by Gasteiger charge is 2.31. The third kappa shape index (κ3) is 2.28. The van der Waals surface area contributed by atoms with Gasteiger partial charge in [-0.05, 0) is 25.1 Å². The van der Waals surface area contributed by atoms with Crippen LogP contribution in [0, 0.1) is 6.92 Å². The molecule has 1 aromatic rings. The summed E-state index contributed by atoms with van der Waals surface area (Å²) in [5.74, 6) is -0.0382. The predicted molar refractivity (Wildman–Crippen MR) is 80.2 cm³/mol. The lowest BCUT2D eigenvalue weighted by Gasteiger charge is -2.10. The van der Waals surface area contributed by atoms with Crippen LogP contribution in [0.1, 0.15) is 11.4 Å². The molecule has 0 spiro atoms. The molecule has 1 aromatic heterocycles. The molecule has 3 nitrogen and oxygen atoms in total. The number of hydrogen-bond acceptors (Lipinski definition) is 3. The zero-order chi connectivity index (χ0) is 13.3. The number of thiocarbonyl (C=S) groups is 1. The number of aromatic nitrogens is 1. The molecule has 0 radical (unpaired) electrons. The van der Waals surface area contributed by atoms with Crippen LogP contribution in [0.4, 0.5) is 0 Å². The lowest BCUT2D eigenvalue weighted by molar-refractivity contribution is -0.121. The van der Waals surface area contributed by atoms with E-state index in [1.807, 2.05) is 36.7 Å². The van der Waals surface area contributed by atoms with E-state index in [1.165, 1.54) is 11.8 Å². The summed E-state index contributed by atoms with van der Waals surface area (Å²) in [5, 5.41) is 0. The minimum atomic E-state index is -0.0382. The summed E-state index contributed by atoms with van der Waals surface area (Å²) in [7, 11) is 1.98. The van der Waals surface area contributed by atoms with E-state index in [-0.39, 0.29) is 5.91 Å². The van der Waals surface area contributed by atoms with Gasteiger partial charge in [0, 0.05) is 25.0 Å². The summed E-state index contributed by atoms with van der Waals surface area (Å²) in [6, 6.07) is 4.02. The van der Waals surface area contributed by atoms with Crippen molar-refractivity contribution in [2.24, 2.45) is 7.05 Å². The smallest absolute Gasteiger partial charge is 0.266 e. The van der Waals surface area contributed by atoms with Crippen molar-refractivity contribution in [2.75, 3.05) is 6.54 Å². The number of rotatable bonds is 3. The monoisotopic (exact) mass is 278 g/mol. The van der Waals surface area contributed by atoms with Crippen molar-refractivity contribution >= 4 is 40.3 Å². The highest BCUT2D eigenvalue weighted by Crippen LogP contribution is 2.32. The Bertz CT molecular complexity index is 557. The number of amides is 1. The molecule has 2 heterocycles. The molecule has 18 heavy (non-hydrogen) atoms. The highest BCUT2D eigenvalue weighted by atomic mass is 32.2. The standard InChI is InChI=1S/C13H14N2OS2/c1-4-7-15-12(16)11(18-13(15)17)8-10-6-5-9(2)14(10)3/h4-6,8H,1,7H2,2-3H3/b11-8-. The average Bonchev–Trinajstić information content (AvgIpc) is 2.78. The van der Waals surface area contributed by atoms with E-state index in [1.54, 1.807) is 11.0 Å². The fourth-order valence-electron chi connectivity index (χ4n) is 1.70. The molecule has 1 amide bonds. The Kier molecular flexibility index (Phi) is 3.73. The quantitative estimate of drug-likeness (QED) is 0.483. The Morgan fingerprint density at radius 2 is 2.22 bits per heavy atom. The Morgan fingerprint density at radius 3 is 2.78 bits per heavy atom. The van der Waals surface area contributed by atoms with E-state index in [2.05, 4.69) is 6.58 Å². The summed E-state index contributed by atoms with van der Waals surface area (Å²) in [6.07, 6.45) is 3.57. The van der Waals surface area contributed by atoms with Gasteiger partial charge < -0.3 is 4.57 Å². The first-order valence-corrected chi connectivity index (χ1v) is 6.75. The van der Waals surface area contributed by atoms with Crippen LogP contribution in [0.15, 0.2) is 29.7 Å². The molecule has 0 N–H and O–H groups in total. The summed E-state index contributed by atoms with van der Waals surface area (Å²) < 4.78 is 2.64. The molecule has 0 saturated carbocycles. The van der Waals surface area contributed by atoms with Gasteiger partial charge in [-0.15, -0.1) is 6.58 Å². The van der Waals surface area contributed by atoms with Crippen LogP contribution in [-0.4, -0.2) is 26.2 Å². The Hall–Kier alpha value is -1.33. The first-order valence-electron chi connectivity index (χ1n) is 5.53. The minimum Gasteiger partial charge on any atom is -0.348 e. The second-order valence-corrected chi connectivity index (χ2v) is 5.72. The molecular formula is C13H14N2OS2. The maximum Gasteiger partial charge on any atom is 0.266 e. The molecule has 0 atom stereocenters. The number of carbonyl (C=O) groups excluding carboxylic acids is 1. The zero-order valence-corrected chi connectivity index (χ0v) is 12.0. The SMILES string of the molecule is C=CCN1C(=O)/C(=C/c2ccc(C)n2C)SC1=S. The molecule has 1 aliphatic rings. The van der Waals surface area contributed by atoms with E-state index < -0.39 is 0 Å². The summed E-state index contributed by atoms with van der Waals surface area (Å²) in [4.78, 5) is 14.4. The Balaban J connectivity index is 2.30. The maximum absolute atomic E-state index is 12.1. The summed E-state index contributed by atoms with van der Waals surface area (Å²) in [6.45, 7) is 6.13. The highest BCUT2D eigenvalue weighted by molar-refractivity contribution is 8.26. The van der Waals surface area contributed by atoms with Crippen LogP contribution >= 0.6 is 24.0 Å². The third-order valence-corrected chi connectivity index (χ3v) is 4.25. The molecule has 94 valence electrons. The van der Waals surface area contributed by atoms with E-state index in [9.17, 15) is 4.79 Å². The minimum absolute atomic E-state index is 0.0382. The van der Waals surface area contributed by atoms with Gasteiger partial charge in [0.05, 0.1) is 4.91 Å². The van der Waals surface area contributed by atoms with Gasteiger partial charge in [0.15, 0.2) is 0 Å². The van der Waals surface area contributed by atoms with E-state index in [0.29, 0.717) is 15.8 Å². The number of nitrogens with zero attached hydrogens (tertiary/aromatic N) is 2. The molecule has 0 bridgehead atoms. The van der Waals surface area contributed by atoms with Gasteiger partial charge in [0.1, 0.15) is 4.32 Å². The van der Waals surface area contributed by atoms with E-state index in [4.69, 9.17) is 12.2 Å². The van der Waals surface area contributed by atoms with Gasteiger partial charge in [0.2, 0.25) is 0 Å². The fourth-order valence-corrected chi connectivity index (χ4v) is 2.96. The summed E-state index contributed by atoms with van der Waals surface area (Å²) >= 11 is 6.53. The van der Waals surface area contributed by atoms with Crippen molar-refractivity contribution in [1.82, 2.24) is 9.47 Å². The predicted octanol–water partition coefficient (Wildman–Crippen LogP) is 2.72. The van der Waals surface area contributed by atoms with Crippen molar-refractivity contribution in [3.8, 4) is 0 Å². The molecule has 1 fully saturated rings. The van der Waals surface area contributed by atoms with Crippen molar-refractivity contribution < 1.29 is 4.79 Å². The second kappa shape index (κ2) is 5.12. The van der Waals surface area contributed by atoms with Gasteiger partial charge in [-0.2, -0.15) is 0 Å². The molecule has 1 aliphatic heterocycles. The zero-order valence-electron chi connectivity index (χ0n) is 10.3. The molecule has 0 aromatic carbocycles. The molecular weight excluding hydrogens is 264 g/mol. The van der Waals surface area contributed by atoms with Crippen LogP contribution in [0.2, 0.25) is 0 Å². The van der Waals surface area contributed by atoms with Crippen molar-refractivity contribution in [3.05, 3.63) is 41.1 Å². The Labute approximate surface area is 116 Å². The van der Waals surface area contributed by atoms with Gasteiger partial charge in [-0.1, -0.05) is 30.1 Å². The maximum atomic E-state index is 12.1. The Morgan fingerprint density at radius 1 is 1.50 bits per heavy atom. The van der Waals surface area contributed by atoms with Gasteiger partial charge >= 0.3 is 0 Å². The van der Waals surface area contributed by atoms with Gasteiger partial charge in [-0.3, -0.25) is 9.69 Å². The lowest BCUT2D eigenvalue weighted by Crippen LogP contribution is -2.27. The molecule has 1 saturated heterocycles. The second-order valence-electron chi connectivity index (χ2n) is 4.04. The first kappa shape index (κ1) is 13.1. The topological polar surface area (TPSA) is 25.2 Å². The average molecular weight is 278 g/mol. The fraction of sp³-hybridized carbons (Fsp3) is 0.231. The largest absolute Gasteiger partial charge is 0.348 e. The number of thioether (sulfide) groups is 1. The van der Waals surface area contributed by atoms with Gasteiger partial charge in [-0.25, -0.2) is 0 Å². The van der Waals surface area contributed by atoms with Crippen LogP contribution in [-0.2, 0) is 11.8 Å². The first-order chi connectivity index (χ1) is 8.54. The lowest BCUT2D eigenvalue weighted by atomic mass is 10.3. The molecule has 0 unspecified atom stereocenters. The van der Waals surface area contributed by atoms with Crippen molar-refractivity contribution in [3.63, 3.8) is 0 Å². The van der Waals surface area contributed by atoms with E-state index in [0.717, 1.165) is 11.4 Å². The van der Waals surface area contributed by atoms with Gasteiger partial charge in [0.25, 0.3) is 5.91 Å². The normalized spacial score (nSPS) is 17.9. The van der Waals surface area contributed by atoms with Crippen LogP contribution in [0.5, 0.6) is 0 Å². The van der Waals surface area contributed by atoms with E-state index >= 15 is 0 Å². The van der Waals surface area contributed by atoms with Crippen molar-refractivity contribution in [2.45, 2.75) is 6.92 Å². The van der Waals surface area contributed by atoms with Crippen LogP contribution < -0.4 is 0 Å². The number of hydrogen-bond donors (Lipinski definition) is 0. The number of aryl methyl sites for hydroxylation is 1. The molecule has 5 heteroatoms. The van der Waals surface area contributed by atoms with Crippen LogP contribution in [0.25, 0.3) is 6.08 Å². The number of carbonyl (C=O) groups is 1. The third-order valence-electron chi connectivity index (χ3n) is 2.88. The molecule has 0 aliphatic carbocycles.